The molecule has 0 saturated carbocycles. The Morgan fingerprint density at radius 2 is 1.66 bits per heavy atom. The maximum Gasteiger partial charge on any atom is 0.335 e. The number of rotatable bonds is 9. The summed E-state index contributed by atoms with van der Waals surface area (Å²) in [5.41, 5.74) is 11.9. The first-order chi connectivity index (χ1) is 18.1. The van der Waals surface area contributed by atoms with Crippen molar-refractivity contribution in [3.8, 4) is 17.0 Å². The standard InChI is InChI=1S/C30H32N4O4/c1-18-13-24(35)14-19(2)25(18)15-26(31)29(36)34(17-21-9-11-23(12-10-21)30(37)38)20(3)28-32-16-27(33-28)22-7-5-4-6-8-22/h4-14,16,20,26,35H,15,17,31H2,1-3H3,(H,32,33)(H,37,38). The summed E-state index contributed by atoms with van der Waals surface area (Å²) in [5.74, 6) is -0.479. The number of aromatic hydroxyl groups is 1. The van der Waals surface area contributed by atoms with Gasteiger partial charge in [0.05, 0.1) is 29.5 Å². The van der Waals surface area contributed by atoms with Crippen LogP contribution in [0.25, 0.3) is 11.3 Å². The Balaban J connectivity index is 1.63. The molecule has 0 aliphatic heterocycles. The number of carbonyl (C=O) groups is 2. The van der Waals surface area contributed by atoms with Gasteiger partial charge in [0.15, 0.2) is 0 Å². The topological polar surface area (TPSA) is 133 Å². The number of aromatic nitrogens is 2. The number of nitrogens with two attached hydrogens (primary N) is 1. The number of hydrogen-bond acceptors (Lipinski definition) is 5. The molecule has 2 unspecified atom stereocenters. The van der Waals surface area contributed by atoms with E-state index in [9.17, 15) is 19.8 Å². The van der Waals surface area contributed by atoms with Crippen LogP contribution in [0.1, 0.15) is 51.4 Å². The Kier molecular flexibility index (Phi) is 7.93. The van der Waals surface area contributed by atoms with Gasteiger partial charge in [-0.25, -0.2) is 9.78 Å². The minimum atomic E-state index is -1.01. The molecule has 0 aliphatic rings. The fourth-order valence-electron chi connectivity index (χ4n) is 4.63. The molecule has 1 heterocycles. The molecule has 4 rings (SSSR count). The number of nitrogens with zero attached hydrogens (tertiary/aromatic N) is 2. The van der Waals surface area contributed by atoms with Gasteiger partial charge in [-0.3, -0.25) is 4.79 Å². The van der Waals surface area contributed by atoms with E-state index in [-0.39, 0.29) is 23.8 Å². The van der Waals surface area contributed by atoms with Crippen LogP contribution in [0.15, 0.2) is 72.9 Å². The molecule has 0 bridgehead atoms. The molecule has 3 aromatic carbocycles. The van der Waals surface area contributed by atoms with Crippen molar-refractivity contribution in [1.29, 1.82) is 0 Å². The van der Waals surface area contributed by atoms with Gasteiger partial charge in [0.2, 0.25) is 5.91 Å². The lowest BCUT2D eigenvalue weighted by atomic mass is 9.95. The zero-order valence-electron chi connectivity index (χ0n) is 21.7. The fourth-order valence-corrected chi connectivity index (χ4v) is 4.63. The van der Waals surface area contributed by atoms with Gasteiger partial charge in [-0.05, 0) is 79.3 Å². The molecule has 0 saturated heterocycles. The molecule has 8 nitrogen and oxygen atoms in total. The van der Waals surface area contributed by atoms with Crippen LogP contribution in [0, 0.1) is 13.8 Å². The van der Waals surface area contributed by atoms with Crippen LogP contribution in [0.2, 0.25) is 0 Å². The van der Waals surface area contributed by atoms with Gasteiger partial charge in [0.25, 0.3) is 0 Å². The number of H-pyrrole nitrogens is 1. The minimum absolute atomic E-state index is 0.174. The van der Waals surface area contributed by atoms with Crippen molar-refractivity contribution in [2.45, 2.75) is 45.8 Å². The zero-order chi connectivity index (χ0) is 27.4. The maximum absolute atomic E-state index is 13.8. The molecule has 1 amide bonds. The molecule has 5 N–H and O–H groups in total. The molecule has 38 heavy (non-hydrogen) atoms. The van der Waals surface area contributed by atoms with E-state index in [2.05, 4.69) is 9.97 Å². The molecule has 1 aromatic heterocycles. The predicted molar refractivity (Wildman–Crippen MR) is 146 cm³/mol. The highest BCUT2D eigenvalue weighted by Crippen LogP contribution is 2.26. The second-order valence-corrected chi connectivity index (χ2v) is 9.56. The van der Waals surface area contributed by atoms with Crippen molar-refractivity contribution >= 4 is 11.9 Å². The zero-order valence-corrected chi connectivity index (χ0v) is 21.7. The molecule has 196 valence electrons. The summed E-state index contributed by atoms with van der Waals surface area (Å²) < 4.78 is 0. The monoisotopic (exact) mass is 512 g/mol. The number of phenols is 1. The normalized spacial score (nSPS) is 12.6. The Labute approximate surface area is 221 Å². The third-order valence-electron chi connectivity index (χ3n) is 6.80. The first kappa shape index (κ1) is 26.6. The Morgan fingerprint density at radius 3 is 2.26 bits per heavy atom. The second kappa shape index (κ2) is 11.3. The van der Waals surface area contributed by atoms with E-state index in [4.69, 9.17) is 5.73 Å². The van der Waals surface area contributed by atoms with Crippen molar-refractivity contribution in [2.75, 3.05) is 0 Å². The van der Waals surface area contributed by atoms with Gasteiger partial charge >= 0.3 is 5.97 Å². The Hall–Kier alpha value is -4.43. The Morgan fingerprint density at radius 1 is 1.03 bits per heavy atom. The van der Waals surface area contributed by atoms with Gasteiger partial charge < -0.3 is 25.8 Å². The number of carboxylic acid groups (broad SMARTS) is 1. The molecular formula is C30H32N4O4. The predicted octanol–water partition coefficient (Wildman–Crippen LogP) is 4.76. The minimum Gasteiger partial charge on any atom is -0.508 e. The van der Waals surface area contributed by atoms with E-state index in [1.54, 1.807) is 35.4 Å². The molecule has 4 aromatic rings. The fraction of sp³-hybridized carbons (Fsp3) is 0.233. The highest BCUT2D eigenvalue weighted by atomic mass is 16.4. The number of phenolic OH excluding ortho intramolecular Hbond substituents is 1. The second-order valence-electron chi connectivity index (χ2n) is 9.56. The Bertz CT molecular complexity index is 1410. The van der Waals surface area contributed by atoms with Crippen molar-refractivity contribution in [3.63, 3.8) is 0 Å². The van der Waals surface area contributed by atoms with Gasteiger partial charge in [-0.1, -0.05) is 42.5 Å². The molecule has 0 fully saturated rings. The van der Waals surface area contributed by atoms with Crippen LogP contribution < -0.4 is 5.73 Å². The number of hydrogen-bond donors (Lipinski definition) is 4. The lowest BCUT2D eigenvalue weighted by Crippen LogP contribution is -2.46. The van der Waals surface area contributed by atoms with Gasteiger partial charge in [-0.15, -0.1) is 0 Å². The van der Waals surface area contributed by atoms with E-state index in [1.165, 1.54) is 12.1 Å². The largest absolute Gasteiger partial charge is 0.508 e. The molecule has 0 radical (unpaired) electrons. The summed E-state index contributed by atoms with van der Waals surface area (Å²) in [6.07, 6.45) is 2.06. The summed E-state index contributed by atoms with van der Waals surface area (Å²) >= 11 is 0. The number of aromatic amines is 1. The van der Waals surface area contributed by atoms with Crippen molar-refractivity contribution in [1.82, 2.24) is 14.9 Å². The maximum atomic E-state index is 13.8. The number of benzene rings is 3. The van der Waals surface area contributed by atoms with Crippen molar-refractivity contribution < 1.29 is 19.8 Å². The van der Waals surface area contributed by atoms with Crippen LogP contribution in [-0.4, -0.2) is 43.0 Å². The van der Waals surface area contributed by atoms with E-state index < -0.39 is 18.1 Å². The highest BCUT2D eigenvalue weighted by Gasteiger charge is 2.29. The SMILES string of the molecule is Cc1cc(O)cc(C)c1CC(N)C(=O)N(Cc1ccc(C(=O)O)cc1)C(C)c1ncc(-c2ccccc2)[nH]1. The molecular weight excluding hydrogens is 480 g/mol. The van der Waals surface area contributed by atoms with Crippen LogP contribution in [0.4, 0.5) is 0 Å². The van der Waals surface area contributed by atoms with Crippen molar-refractivity contribution in [2.24, 2.45) is 5.73 Å². The van der Waals surface area contributed by atoms with E-state index in [0.29, 0.717) is 12.2 Å². The summed E-state index contributed by atoms with van der Waals surface area (Å²) in [4.78, 5) is 34.7. The molecule has 0 aliphatic carbocycles. The summed E-state index contributed by atoms with van der Waals surface area (Å²) in [5, 5.41) is 19.1. The third-order valence-corrected chi connectivity index (χ3v) is 6.80. The van der Waals surface area contributed by atoms with Gasteiger partial charge in [0.1, 0.15) is 11.6 Å². The van der Waals surface area contributed by atoms with Crippen LogP contribution >= 0.6 is 0 Å². The molecule has 8 heteroatoms. The highest BCUT2D eigenvalue weighted by molar-refractivity contribution is 5.87. The number of aryl methyl sites for hydroxylation is 2. The lowest BCUT2D eigenvalue weighted by Gasteiger charge is -2.31. The number of imidazole rings is 1. The lowest BCUT2D eigenvalue weighted by molar-refractivity contribution is -0.135. The average Bonchev–Trinajstić information content (AvgIpc) is 3.40. The summed E-state index contributed by atoms with van der Waals surface area (Å²) in [6.45, 7) is 5.89. The number of amides is 1. The first-order valence-electron chi connectivity index (χ1n) is 12.4. The number of nitrogens with one attached hydrogen (secondary N) is 1. The third kappa shape index (κ3) is 5.92. The van der Waals surface area contributed by atoms with E-state index >= 15 is 0 Å². The smallest absolute Gasteiger partial charge is 0.335 e. The van der Waals surface area contributed by atoms with Gasteiger partial charge in [-0.2, -0.15) is 0 Å². The molecule has 2 atom stereocenters. The number of carbonyl (C=O) groups excluding carboxylic acids is 1. The quantitative estimate of drug-likeness (QED) is 0.256. The van der Waals surface area contributed by atoms with E-state index in [0.717, 1.165) is 33.5 Å². The van der Waals surface area contributed by atoms with Crippen molar-refractivity contribution in [3.05, 3.63) is 107 Å². The van der Waals surface area contributed by atoms with Crippen LogP contribution in [-0.2, 0) is 17.8 Å². The van der Waals surface area contributed by atoms with E-state index in [1.807, 2.05) is 51.1 Å². The number of aromatic carboxylic acids is 1. The first-order valence-corrected chi connectivity index (χ1v) is 12.4. The van der Waals surface area contributed by atoms with Crippen LogP contribution in [0.3, 0.4) is 0 Å². The summed E-state index contributed by atoms with van der Waals surface area (Å²) in [7, 11) is 0. The summed E-state index contributed by atoms with van der Waals surface area (Å²) in [6, 6.07) is 18.3. The van der Waals surface area contributed by atoms with Gasteiger partial charge in [0, 0.05) is 6.54 Å². The average molecular weight is 513 g/mol. The number of carboxylic acids is 1. The van der Waals surface area contributed by atoms with Crippen LogP contribution in [0.5, 0.6) is 5.75 Å². The molecule has 0 spiro atoms.